The molecule has 88 valence electrons. The Hall–Kier alpha value is -1.67. The van der Waals surface area contributed by atoms with E-state index in [0.29, 0.717) is 0 Å². The predicted octanol–water partition coefficient (Wildman–Crippen LogP) is 4.28. The van der Waals surface area contributed by atoms with Gasteiger partial charge in [0.15, 0.2) is 0 Å². The first-order valence-electron chi connectivity index (χ1n) is 5.46. The number of nitrogens with one attached hydrogen (secondary N) is 1. The maximum atomic E-state index is 6.09. The molecule has 2 aromatic rings. The van der Waals surface area contributed by atoms with E-state index in [1.54, 1.807) is 0 Å². The van der Waals surface area contributed by atoms with Crippen molar-refractivity contribution in [2.75, 3.05) is 11.1 Å². The molecule has 0 unspecified atom stereocenters. The number of benzene rings is 2. The van der Waals surface area contributed by atoms with Crippen LogP contribution in [0.1, 0.15) is 11.1 Å². The largest absolute Gasteiger partial charge is 0.399 e. The molecule has 0 saturated heterocycles. The molecule has 0 saturated carbocycles. The number of hydrogen-bond donors (Lipinski definition) is 2. The number of anilines is 3. The van der Waals surface area contributed by atoms with Crippen molar-refractivity contribution in [3.63, 3.8) is 0 Å². The van der Waals surface area contributed by atoms with Gasteiger partial charge in [-0.2, -0.15) is 0 Å². The SMILES string of the molecule is Cc1cc(N)ccc1Nc1cccc(Cl)c1C. The number of aryl methyl sites for hydroxylation is 1. The van der Waals surface area contributed by atoms with Gasteiger partial charge in [0, 0.05) is 22.1 Å². The molecular weight excluding hydrogens is 232 g/mol. The van der Waals surface area contributed by atoms with Gasteiger partial charge in [0.2, 0.25) is 0 Å². The third-order valence-corrected chi connectivity index (χ3v) is 3.20. The van der Waals surface area contributed by atoms with Crippen LogP contribution in [-0.4, -0.2) is 0 Å². The third-order valence-electron chi connectivity index (χ3n) is 2.79. The fraction of sp³-hybridized carbons (Fsp3) is 0.143. The fourth-order valence-corrected chi connectivity index (χ4v) is 1.89. The molecule has 0 bridgehead atoms. The van der Waals surface area contributed by atoms with E-state index in [1.165, 1.54) is 0 Å². The molecule has 0 aliphatic carbocycles. The average molecular weight is 247 g/mol. The van der Waals surface area contributed by atoms with Crippen molar-refractivity contribution < 1.29 is 0 Å². The van der Waals surface area contributed by atoms with E-state index in [0.717, 1.165) is 33.2 Å². The number of hydrogen-bond acceptors (Lipinski definition) is 2. The highest BCUT2D eigenvalue weighted by atomic mass is 35.5. The summed E-state index contributed by atoms with van der Waals surface area (Å²) in [5.41, 5.74) is 10.7. The number of nitrogen functional groups attached to an aromatic ring is 1. The first kappa shape index (κ1) is 11.8. The minimum Gasteiger partial charge on any atom is -0.399 e. The average Bonchev–Trinajstić information content (AvgIpc) is 2.28. The van der Waals surface area contributed by atoms with Crippen LogP contribution in [0.2, 0.25) is 5.02 Å². The quantitative estimate of drug-likeness (QED) is 0.776. The molecule has 0 radical (unpaired) electrons. The van der Waals surface area contributed by atoms with Crippen molar-refractivity contribution in [2.24, 2.45) is 0 Å². The van der Waals surface area contributed by atoms with Gasteiger partial charge in [0.1, 0.15) is 0 Å². The van der Waals surface area contributed by atoms with E-state index in [-0.39, 0.29) is 0 Å². The van der Waals surface area contributed by atoms with Crippen molar-refractivity contribution in [3.8, 4) is 0 Å². The highest BCUT2D eigenvalue weighted by Gasteiger charge is 2.04. The Morgan fingerprint density at radius 2 is 1.82 bits per heavy atom. The van der Waals surface area contributed by atoms with Crippen molar-refractivity contribution in [3.05, 3.63) is 52.5 Å². The van der Waals surface area contributed by atoms with E-state index in [2.05, 4.69) is 5.32 Å². The van der Waals surface area contributed by atoms with E-state index >= 15 is 0 Å². The van der Waals surface area contributed by atoms with Crippen LogP contribution in [0.25, 0.3) is 0 Å². The van der Waals surface area contributed by atoms with Crippen molar-refractivity contribution in [1.29, 1.82) is 0 Å². The Kier molecular flexibility index (Phi) is 3.25. The summed E-state index contributed by atoms with van der Waals surface area (Å²) < 4.78 is 0. The molecule has 0 fully saturated rings. The van der Waals surface area contributed by atoms with Gasteiger partial charge in [0.05, 0.1) is 0 Å². The summed E-state index contributed by atoms with van der Waals surface area (Å²) in [6.45, 7) is 4.02. The summed E-state index contributed by atoms with van der Waals surface area (Å²) in [6.07, 6.45) is 0. The summed E-state index contributed by atoms with van der Waals surface area (Å²) >= 11 is 6.09. The molecule has 0 amide bonds. The Bertz CT molecular complexity index is 550. The van der Waals surface area contributed by atoms with Crippen LogP contribution in [0.4, 0.5) is 17.1 Å². The van der Waals surface area contributed by atoms with Crippen molar-refractivity contribution >= 4 is 28.7 Å². The topological polar surface area (TPSA) is 38.0 Å². The summed E-state index contributed by atoms with van der Waals surface area (Å²) in [5, 5.41) is 4.14. The van der Waals surface area contributed by atoms with Crippen LogP contribution in [-0.2, 0) is 0 Å². The van der Waals surface area contributed by atoms with E-state index < -0.39 is 0 Å². The Morgan fingerprint density at radius 1 is 1.06 bits per heavy atom. The molecule has 2 rings (SSSR count). The van der Waals surface area contributed by atoms with Gasteiger partial charge >= 0.3 is 0 Å². The number of halogens is 1. The van der Waals surface area contributed by atoms with Gasteiger partial charge in [-0.25, -0.2) is 0 Å². The van der Waals surface area contributed by atoms with Gasteiger partial charge < -0.3 is 11.1 Å². The molecule has 0 atom stereocenters. The van der Waals surface area contributed by atoms with E-state index in [9.17, 15) is 0 Å². The lowest BCUT2D eigenvalue weighted by atomic mass is 10.1. The lowest BCUT2D eigenvalue weighted by molar-refractivity contribution is 1.39. The minimum atomic E-state index is 0.767. The highest BCUT2D eigenvalue weighted by molar-refractivity contribution is 6.31. The van der Waals surface area contributed by atoms with Crippen LogP contribution >= 0.6 is 11.6 Å². The molecule has 3 heteroatoms. The molecule has 3 N–H and O–H groups in total. The smallest absolute Gasteiger partial charge is 0.0455 e. The highest BCUT2D eigenvalue weighted by Crippen LogP contribution is 2.28. The van der Waals surface area contributed by atoms with Crippen LogP contribution in [0.3, 0.4) is 0 Å². The molecule has 0 aromatic heterocycles. The van der Waals surface area contributed by atoms with Gasteiger partial charge in [-0.15, -0.1) is 0 Å². The van der Waals surface area contributed by atoms with E-state index in [4.69, 9.17) is 17.3 Å². The molecule has 0 aliphatic heterocycles. The second kappa shape index (κ2) is 4.68. The first-order valence-corrected chi connectivity index (χ1v) is 5.84. The Morgan fingerprint density at radius 3 is 2.53 bits per heavy atom. The van der Waals surface area contributed by atoms with Gasteiger partial charge in [0.25, 0.3) is 0 Å². The molecule has 0 aliphatic rings. The lowest BCUT2D eigenvalue weighted by Gasteiger charge is -2.13. The number of nitrogens with two attached hydrogens (primary N) is 1. The van der Waals surface area contributed by atoms with Crippen LogP contribution in [0, 0.1) is 13.8 Å². The number of rotatable bonds is 2. The molecule has 2 nitrogen and oxygen atoms in total. The standard InChI is InChI=1S/C14H15ClN2/c1-9-8-11(16)6-7-13(9)17-14-5-3-4-12(15)10(14)2/h3-8,17H,16H2,1-2H3. The maximum absolute atomic E-state index is 6.09. The molecule has 0 heterocycles. The monoisotopic (exact) mass is 246 g/mol. The lowest BCUT2D eigenvalue weighted by Crippen LogP contribution is -1.96. The van der Waals surface area contributed by atoms with E-state index in [1.807, 2.05) is 50.2 Å². The summed E-state index contributed by atoms with van der Waals surface area (Å²) in [5.74, 6) is 0. The predicted molar refractivity (Wildman–Crippen MR) is 75.1 cm³/mol. The first-order chi connectivity index (χ1) is 8.08. The Balaban J connectivity index is 2.35. The van der Waals surface area contributed by atoms with Gasteiger partial charge in [-0.05, 0) is 55.3 Å². The molecule has 0 spiro atoms. The van der Waals surface area contributed by atoms with Gasteiger partial charge in [-0.1, -0.05) is 17.7 Å². The zero-order chi connectivity index (χ0) is 12.4. The second-order valence-corrected chi connectivity index (χ2v) is 4.52. The zero-order valence-electron chi connectivity index (χ0n) is 9.92. The van der Waals surface area contributed by atoms with Crippen molar-refractivity contribution in [1.82, 2.24) is 0 Å². The molecule has 17 heavy (non-hydrogen) atoms. The third kappa shape index (κ3) is 2.53. The van der Waals surface area contributed by atoms with Crippen LogP contribution in [0.15, 0.2) is 36.4 Å². The second-order valence-electron chi connectivity index (χ2n) is 4.11. The summed E-state index contributed by atoms with van der Waals surface area (Å²) in [7, 11) is 0. The normalized spacial score (nSPS) is 10.3. The van der Waals surface area contributed by atoms with Crippen LogP contribution < -0.4 is 11.1 Å². The zero-order valence-corrected chi connectivity index (χ0v) is 10.7. The molecular formula is C14H15ClN2. The van der Waals surface area contributed by atoms with Crippen molar-refractivity contribution in [2.45, 2.75) is 13.8 Å². The summed E-state index contributed by atoms with van der Waals surface area (Å²) in [6, 6.07) is 11.6. The fourth-order valence-electron chi connectivity index (χ4n) is 1.72. The molecule has 2 aromatic carbocycles. The minimum absolute atomic E-state index is 0.767. The van der Waals surface area contributed by atoms with Gasteiger partial charge in [-0.3, -0.25) is 0 Å². The maximum Gasteiger partial charge on any atom is 0.0455 e. The summed E-state index contributed by atoms with van der Waals surface area (Å²) in [4.78, 5) is 0. The Labute approximate surface area is 106 Å². The van der Waals surface area contributed by atoms with Crippen LogP contribution in [0.5, 0.6) is 0 Å².